The monoisotopic (exact) mass is 444 g/mol. The topological polar surface area (TPSA) is 93.2 Å². The summed E-state index contributed by atoms with van der Waals surface area (Å²) >= 11 is 0. The second-order valence-corrected chi connectivity index (χ2v) is 8.67. The van der Waals surface area contributed by atoms with Gasteiger partial charge in [0.15, 0.2) is 18.1 Å². The summed E-state index contributed by atoms with van der Waals surface area (Å²) in [6, 6.07) is 13.9. The fraction of sp³-hybridized carbons (Fsp3) is 0.273. The van der Waals surface area contributed by atoms with Gasteiger partial charge in [-0.1, -0.05) is 30.3 Å². The number of hydrogen-bond donors (Lipinski definition) is 0. The van der Waals surface area contributed by atoms with Crippen LogP contribution in [0.4, 0.5) is 0 Å². The van der Waals surface area contributed by atoms with E-state index in [1.54, 1.807) is 23.1 Å². The summed E-state index contributed by atoms with van der Waals surface area (Å²) in [5.41, 5.74) is 1.24. The molecule has 2 aromatic carbocycles. The lowest BCUT2D eigenvalue weighted by Crippen LogP contribution is -2.51. The van der Waals surface area contributed by atoms with Crippen molar-refractivity contribution in [2.24, 2.45) is 0 Å². The van der Waals surface area contributed by atoms with Gasteiger partial charge in [0.1, 0.15) is 6.29 Å². The standard InChI is InChI=1S/C22H24N2O6S/c1-29-21-15-19(16-25)7-8-20(21)30-17-22(26)23-10-12-24(13-11-23)31(27,28)14-9-18-5-3-2-4-6-18/h2-9,14-16H,10-13,17H2,1H3/b14-9+. The highest BCUT2D eigenvalue weighted by Crippen LogP contribution is 2.27. The molecule has 0 N–H and O–H groups in total. The number of methoxy groups -OCH3 is 1. The number of carbonyl (C=O) groups is 2. The lowest BCUT2D eigenvalue weighted by atomic mass is 10.2. The van der Waals surface area contributed by atoms with Gasteiger partial charge in [0.25, 0.3) is 5.91 Å². The molecule has 31 heavy (non-hydrogen) atoms. The number of benzene rings is 2. The number of carbonyl (C=O) groups excluding carboxylic acids is 2. The first kappa shape index (κ1) is 22.5. The van der Waals surface area contributed by atoms with Crippen molar-refractivity contribution in [1.82, 2.24) is 9.21 Å². The Morgan fingerprint density at radius 2 is 1.71 bits per heavy atom. The first-order valence-electron chi connectivity index (χ1n) is 9.70. The summed E-state index contributed by atoms with van der Waals surface area (Å²) in [6.07, 6.45) is 2.25. The van der Waals surface area contributed by atoms with Gasteiger partial charge >= 0.3 is 0 Å². The zero-order valence-electron chi connectivity index (χ0n) is 17.1. The van der Waals surface area contributed by atoms with Gasteiger partial charge in [0.05, 0.1) is 7.11 Å². The van der Waals surface area contributed by atoms with E-state index in [4.69, 9.17) is 9.47 Å². The predicted octanol–water partition coefficient (Wildman–Crippen LogP) is 2.03. The van der Waals surface area contributed by atoms with Crippen LogP contribution < -0.4 is 9.47 Å². The van der Waals surface area contributed by atoms with Gasteiger partial charge in [-0.15, -0.1) is 0 Å². The maximum Gasteiger partial charge on any atom is 0.260 e. The third kappa shape index (κ3) is 5.93. The number of rotatable bonds is 8. The van der Waals surface area contributed by atoms with Crippen molar-refractivity contribution >= 4 is 28.3 Å². The van der Waals surface area contributed by atoms with Crippen molar-refractivity contribution in [1.29, 1.82) is 0 Å². The van der Waals surface area contributed by atoms with Gasteiger partial charge in [0, 0.05) is 37.2 Å². The van der Waals surface area contributed by atoms with Gasteiger partial charge < -0.3 is 14.4 Å². The summed E-state index contributed by atoms with van der Waals surface area (Å²) in [5, 5.41) is 1.19. The van der Waals surface area contributed by atoms with E-state index >= 15 is 0 Å². The Kier molecular flexibility index (Phi) is 7.43. The molecule has 8 nitrogen and oxygen atoms in total. The van der Waals surface area contributed by atoms with Crippen molar-refractivity contribution in [2.45, 2.75) is 0 Å². The van der Waals surface area contributed by atoms with Crippen LogP contribution in [0.1, 0.15) is 15.9 Å². The minimum absolute atomic E-state index is 0.211. The summed E-state index contributed by atoms with van der Waals surface area (Å²) in [4.78, 5) is 24.9. The molecule has 1 aliphatic heterocycles. The zero-order chi connectivity index (χ0) is 22.3. The molecule has 9 heteroatoms. The van der Waals surface area contributed by atoms with E-state index in [-0.39, 0.29) is 38.7 Å². The molecule has 0 aliphatic carbocycles. The molecular weight excluding hydrogens is 420 g/mol. The molecule has 1 fully saturated rings. The van der Waals surface area contributed by atoms with Crippen LogP contribution in [0, 0.1) is 0 Å². The van der Waals surface area contributed by atoms with E-state index in [0.29, 0.717) is 23.3 Å². The molecule has 0 bridgehead atoms. The minimum atomic E-state index is -3.56. The quantitative estimate of drug-likeness (QED) is 0.579. The molecule has 0 unspecified atom stereocenters. The molecule has 0 saturated carbocycles. The van der Waals surface area contributed by atoms with Crippen molar-refractivity contribution in [3.05, 3.63) is 65.1 Å². The van der Waals surface area contributed by atoms with E-state index < -0.39 is 10.0 Å². The van der Waals surface area contributed by atoms with Crippen LogP contribution in [-0.2, 0) is 14.8 Å². The van der Waals surface area contributed by atoms with Gasteiger partial charge in [0.2, 0.25) is 10.0 Å². The molecule has 1 saturated heterocycles. The molecule has 0 atom stereocenters. The van der Waals surface area contributed by atoms with E-state index in [0.717, 1.165) is 5.56 Å². The van der Waals surface area contributed by atoms with Crippen molar-refractivity contribution < 1.29 is 27.5 Å². The molecule has 1 amide bonds. The molecular formula is C22H24N2O6S. The largest absolute Gasteiger partial charge is 0.493 e. The van der Waals surface area contributed by atoms with E-state index in [1.165, 1.54) is 22.9 Å². The number of nitrogens with zero attached hydrogens (tertiary/aromatic N) is 2. The van der Waals surface area contributed by atoms with Crippen molar-refractivity contribution in [3.8, 4) is 11.5 Å². The Labute approximate surface area is 181 Å². The molecule has 1 aliphatic rings. The van der Waals surface area contributed by atoms with Crippen LogP contribution in [0.15, 0.2) is 53.9 Å². The molecule has 2 aromatic rings. The van der Waals surface area contributed by atoms with Crippen LogP contribution in [0.2, 0.25) is 0 Å². The second kappa shape index (κ2) is 10.2. The third-order valence-electron chi connectivity index (χ3n) is 4.86. The summed E-state index contributed by atoms with van der Waals surface area (Å²) in [5.74, 6) is 0.464. The molecule has 3 rings (SSSR count). The van der Waals surface area contributed by atoms with Gasteiger partial charge in [-0.3, -0.25) is 9.59 Å². The predicted molar refractivity (Wildman–Crippen MR) is 116 cm³/mol. The minimum Gasteiger partial charge on any atom is -0.493 e. The lowest BCUT2D eigenvalue weighted by Gasteiger charge is -2.33. The van der Waals surface area contributed by atoms with Gasteiger partial charge in [-0.2, -0.15) is 4.31 Å². The number of hydrogen-bond acceptors (Lipinski definition) is 6. The Morgan fingerprint density at radius 1 is 1.00 bits per heavy atom. The SMILES string of the molecule is COc1cc(C=O)ccc1OCC(=O)N1CCN(S(=O)(=O)/C=C/c2ccccc2)CC1. The number of amides is 1. The zero-order valence-corrected chi connectivity index (χ0v) is 18.0. The van der Waals surface area contributed by atoms with Crippen LogP contribution in [0.25, 0.3) is 6.08 Å². The molecule has 0 radical (unpaired) electrons. The molecule has 1 heterocycles. The fourth-order valence-electron chi connectivity index (χ4n) is 3.11. The summed E-state index contributed by atoms with van der Waals surface area (Å²) < 4.78 is 37.2. The normalized spacial score (nSPS) is 15.1. The third-order valence-corrected chi connectivity index (χ3v) is 6.42. The van der Waals surface area contributed by atoms with Crippen LogP contribution in [0.5, 0.6) is 11.5 Å². The lowest BCUT2D eigenvalue weighted by molar-refractivity contribution is -0.134. The van der Waals surface area contributed by atoms with Crippen LogP contribution in [0.3, 0.4) is 0 Å². The van der Waals surface area contributed by atoms with Crippen molar-refractivity contribution in [2.75, 3.05) is 39.9 Å². The summed E-state index contributed by atoms with van der Waals surface area (Å²) in [6.45, 7) is 0.774. The number of sulfonamides is 1. The fourth-order valence-corrected chi connectivity index (χ4v) is 4.29. The second-order valence-electron chi connectivity index (χ2n) is 6.86. The first-order valence-corrected chi connectivity index (χ1v) is 11.2. The average Bonchev–Trinajstić information content (AvgIpc) is 2.82. The Hall–Kier alpha value is -3.17. The Morgan fingerprint density at radius 3 is 2.35 bits per heavy atom. The molecule has 0 aromatic heterocycles. The van der Waals surface area contributed by atoms with Gasteiger partial charge in [-0.25, -0.2) is 8.42 Å². The van der Waals surface area contributed by atoms with E-state index in [1.807, 2.05) is 30.3 Å². The Balaban J connectivity index is 1.53. The van der Waals surface area contributed by atoms with Crippen LogP contribution >= 0.6 is 0 Å². The average molecular weight is 445 g/mol. The highest BCUT2D eigenvalue weighted by atomic mass is 32.2. The number of piperazine rings is 1. The smallest absolute Gasteiger partial charge is 0.260 e. The van der Waals surface area contributed by atoms with E-state index in [9.17, 15) is 18.0 Å². The maximum atomic E-state index is 12.5. The number of ether oxygens (including phenoxy) is 2. The van der Waals surface area contributed by atoms with E-state index in [2.05, 4.69) is 0 Å². The van der Waals surface area contributed by atoms with Gasteiger partial charge in [-0.05, 0) is 29.8 Å². The molecule has 164 valence electrons. The van der Waals surface area contributed by atoms with Crippen molar-refractivity contribution in [3.63, 3.8) is 0 Å². The maximum absolute atomic E-state index is 12.5. The summed E-state index contributed by atoms with van der Waals surface area (Å²) in [7, 11) is -2.11. The highest BCUT2D eigenvalue weighted by molar-refractivity contribution is 7.92. The van der Waals surface area contributed by atoms with Crippen LogP contribution in [-0.4, -0.2) is 69.7 Å². The first-order chi connectivity index (χ1) is 14.9. The molecule has 0 spiro atoms. The highest BCUT2D eigenvalue weighted by Gasteiger charge is 2.27. The number of aldehydes is 1. The Bertz CT molecular complexity index is 1040.